The van der Waals surface area contributed by atoms with E-state index in [9.17, 15) is 23.7 Å². The van der Waals surface area contributed by atoms with Crippen molar-refractivity contribution in [1.82, 2.24) is 0 Å². The van der Waals surface area contributed by atoms with Gasteiger partial charge in [-0.1, -0.05) is 12.2 Å². The van der Waals surface area contributed by atoms with E-state index in [4.69, 9.17) is 9.84 Å². The van der Waals surface area contributed by atoms with Crippen LogP contribution in [0.15, 0.2) is 12.2 Å². The lowest BCUT2D eigenvalue weighted by Gasteiger charge is -2.39. The van der Waals surface area contributed by atoms with Gasteiger partial charge in [0.05, 0.1) is 18.1 Å². The van der Waals surface area contributed by atoms with Crippen LogP contribution in [-0.2, 0) is 14.6 Å². The Morgan fingerprint density at radius 1 is 1.16 bits per heavy atom. The Morgan fingerprint density at radius 2 is 1.68 bits per heavy atom. The molecule has 1 saturated heterocycles. The molecular weight excluding hydrogens is 276 g/mol. The summed E-state index contributed by atoms with van der Waals surface area (Å²) in [5.74, 6) is -0.761. The third kappa shape index (κ3) is 4.23. The number of hydrogen-bond donors (Lipinski definition) is 4. The van der Waals surface area contributed by atoms with E-state index in [1.807, 2.05) is 0 Å². The number of hydrogen-bond acceptors (Lipinski definition) is 7. The molecule has 0 aromatic rings. The van der Waals surface area contributed by atoms with Gasteiger partial charge in [0.2, 0.25) is 0 Å². The summed E-state index contributed by atoms with van der Waals surface area (Å²) in [4.78, 5) is 0. The Kier molecular flexibility index (Phi) is 5.48. The molecule has 8 heteroatoms. The molecule has 1 aliphatic rings. The molecule has 0 aromatic heterocycles. The van der Waals surface area contributed by atoms with E-state index >= 15 is 0 Å². The molecule has 0 saturated carbocycles. The van der Waals surface area contributed by atoms with Gasteiger partial charge >= 0.3 is 0 Å². The number of ether oxygens (including phenoxy) is 1. The highest BCUT2D eigenvalue weighted by molar-refractivity contribution is 7.91. The minimum absolute atomic E-state index is 0.248. The number of rotatable bonds is 5. The molecular formula is C11H20O7S. The van der Waals surface area contributed by atoms with Gasteiger partial charge in [0.25, 0.3) is 0 Å². The zero-order valence-corrected chi connectivity index (χ0v) is 11.5. The summed E-state index contributed by atoms with van der Waals surface area (Å²) < 4.78 is 28.7. The Morgan fingerprint density at radius 3 is 2.16 bits per heavy atom. The second-order valence-corrected chi connectivity index (χ2v) is 6.99. The number of sulfone groups is 1. The average Bonchev–Trinajstić information content (AvgIpc) is 2.28. The topological polar surface area (TPSA) is 124 Å². The quantitative estimate of drug-likeness (QED) is 0.425. The Hall–Kier alpha value is -0.510. The fourth-order valence-electron chi connectivity index (χ4n) is 2.00. The van der Waals surface area contributed by atoms with Gasteiger partial charge in [0, 0.05) is 0 Å². The van der Waals surface area contributed by atoms with E-state index in [1.54, 1.807) is 6.92 Å². The maximum atomic E-state index is 11.8. The zero-order chi connectivity index (χ0) is 14.8. The monoisotopic (exact) mass is 296 g/mol. The molecule has 4 N–H and O–H groups in total. The van der Waals surface area contributed by atoms with Crippen LogP contribution in [0.5, 0.6) is 0 Å². The molecule has 0 aliphatic carbocycles. The van der Waals surface area contributed by atoms with Crippen molar-refractivity contribution in [3.63, 3.8) is 0 Å². The molecule has 1 fully saturated rings. The Bertz CT molecular complexity index is 417. The molecule has 19 heavy (non-hydrogen) atoms. The van der Waals surface area contributed by atoms with Gasteiger partial charge in [-0.15, -0.1) is 0 Å². The van der Waals surface area contributed by atoms with Gasteiger partial charge in [-0.2, -0.15) is 0 Å². The summed E-state index contributed by atoms with van der Waals surface area (Å²) in [5.41, 5.74) is 0.449. The van der Waals surface area contributed by atoms with Gasteiger partial charge in [-0.05, 0) is 6.92 Å². The van der Waals surface area contributed by atoms with Crippen LogP contribution in [-0.4, -0.2) is 77.5 Å². The van der Waals surface area contributed by atoms with Crippen molar-refractivity contribution < 1.29 is 33.6 Å². The molecule has 1 rings (SSSR count). The molecule has 5 atom stereocenters. The van der Waals surface area contributed by atoms with E-state index in [0.29, 0.717) is 5.57 Å². The fourth-order valence-corrected chi connectivity index (χ4v) is 3.65. The van der Waals surface area contributed by atoms with Crippen molar-refractivity contribution in [3.8, 4) is 0 Å². The molecule has 7 nitrogen and oxygen atoms in total. The minimum atomic E-state index is -3.54. The second-order valence-electron chi connectivity index (χ2n) is 4.88. The first-order chi connectivity index (χ1) is 8.68. The SMILES string of the molecule is C=C(C)CS(=O)(=O)CC1O[C@H](CO)[C@@H](O)[C@H](O)[C@H]1O. The lowest BCUT2D eigenvalue weighted by Crippen LogP contribution is -2.60. The van der Waals surface area contributed by atoms with Crippen LogP contribution in [0.1, 0.15) is 6.92 Å². The van der Waals surface area contributed by atoms with Crippen molar-refractivity contribution in [2.45, 2.75) is 37.4 Å². The lowest BCUT2D eigenvalue weighted by molar-refractivity contribution is -0.223. The molecule has 0 radical (unpaired) electrons. The van der Waals surface area contributed by atoms with Gasteiger partial charge in [-0.25, -0.2) is 8.42 Å². The second kappa shape index (κ2) is 6.29. The largest absolute Gasteiger partial charge is 0.394 e. The van der Waals surface area contributed by atoms with E-state index in [1.165, 1.54) is 0 Å². The van der Waals surface area contributed by atoms with Gasteiger partial charge in [0.15, 0.2) is 9.84 Å². The van der Waals surface area contributed by atoms with Crippen molar-refractivity contribution in [1.29, 1.82) is 0 Å². The molecule has 112 valence electrons. The van der Waals surface area contributed by atoms with Crippen LogP contribution in [0.25, 0.3) is 0 Å². The van der Waals surface area contributed by atoms with Crippen LogP contribution >= 0.6 is 0 Å². The summed E-state index contributed by atoms with van der Waals surface area (Å²) in [6.07, 6.45) is -6.86. The summed E-state index contributed by atoms with van der Waals surface area (Å²) in [5, 5.41) is 37.8. The highest BCUT2D eigenvalue weighted by atomic mass is 32.2. The third-order valence-electron chi connectivity index (χ3n) is 2.88. The maximum Gasteiger partial charge on any atom is 0.156 e. The highest BCUT2D eigenvalue weighted by Crippen LogP contribution is 2.22. The standard InChI is InChI=1S/C11H20O7S/c1-6(2)4-19(16,17)5-8-10(14)11(15)9(13)7(3-12)18-8/h7-15H,1,3-5H2,2H3/t7-,8?,9-,10+,11+/m1/s1. The summed E-state index contributed by atoms with van der Waals surface area (Å²) in [6, 6.07) is 0. The molecule has 0 spiro atoms. The van der Waals surface area contributed by atoms with Crippen molar-refractivity contribution in [2.75, 3.05) is 18.1 Å². The Labute approximate surface area is 112 Å². The van der Waals surface area contributed by atoms with Gasteiger partial charge in [-0.3, -0.25) is 0 Å². The maximum absolute atomic E-state index is 11.8. The van der Waals surface area contributed by atoms with Crippen LogP contribution in [0.2, 0.25) is 0 Å². The predicted octanol–water partition coefficient (Wildman–Crippen LogP) is -2.18. The molecule has 0 aromatic carbocycles. The molecule has 1 aliphatic heterocycles. The number of aliphatic hydroxyl groups is 4. The van der Waals surface area contributed by atoms with Crippen LogP contribution in [0.4, 0.5) is 0 Å². The molecule has 1 heterocycles. The minimum Gasteiger partial charge on any atom is -0.394 e. The van der Waals surface area contributed by atoms with Crippen LogP contribution in [0, 0.1) is 0 Å². The average molecular weight is 296 g/mol. The normalized spacial score (nSPS) is 36.2. The van der Waals surface area contributed by atoms with Crippen molar-refractivity contribution in [2.24, 2.45) is 0 Å². The van der Waals surface area contributed by atoms with Gasteiger partial charge in [0.1, 0.15) is 30.5 Å². The molecule has 0 amide bonds. The third-order valence-corrected chi connectivity index (χ3v) is 4.64. The lowest BCUT2D eigenvalue weighted by atomic mass is 9.96. The smallest absolute Gasteiger partial charge is 0.156 e. The molecule has 0 bridgehead atoms. The van der Waals surface area contributed by atoms with E-state index in [2.05, 4.69) is 6.58 Å². The van der Waals surface area contributed by atoms with E-state index in [0.717, 1.165) is 0 Å². The zero-order valence-electron chi connectivity index (χ0n) is 10.6. The Balaban J connectivity index is 2.80. The molecule has 1 unspecified atom stereocenters. The van der Waals surface area contributed by atoms with Crippen molar-refractivity contribution in [3.05, 3.63) is 12.2 Å². The van der Waals surface area contributed by atoms with Gasteiger partial charge < -0.3 is 25.2 Å². The summed E-state index contributed by atoms with van der Waals surface area (Å²) >= 11 is 0. The van der Waals surface area contributed by atoms with Crippen LogP contribution in [0.3, 0.4) is 0 Å². The number of aliphatic hydroxyl groups excluding tert-OH is 4. The fraction of sp³-hybridized carbons (Fsp3) is 0.818. The van der Waals surface area contributed by atoms with E-state index < -0.39 is 52.7 Å². The first kappa shape index (κ1) is 16.5. The first-order valence-corrected chi connectivity index (χ1v) is 7.65. The summed E-state index contributed by atoms with van der Waals surface area (Å²) in [6.45, 7) is 4.48. The van der Waals surface area contributed by atoms with Crippen LogP contribution < -0.4 is 0 Å². The first-order valence-electron chi connectivity index (χ1n) is 5.83. The highest BCUT2D eigenvalue weighted by Gasteiger charge is 2.44. The predicted molar refractivity (Wildman–Crippen MR) is 67.2 cm³/mol. The van der Waals surface area contributed by atoms with E-state index in [-0.39, 0.29) is 5.75 Å². The van der Waals surface area contributed by atoms with Crippen molar-refractivity contribution >= 4 is 9.84 Å². The summed E-state index contributed by atoms with van der Waals surface area (Å²) in [7, 11) is -3.54.